The Hall–Kier alpha value is -2.67. The molecule has 0 aliphatic heterocycles. The lowest BCUT2D eigenvalue weighted by atomic mass is 9.99. The molecular weight excluding hydrogens is 420 g/mol. The highest BCUT2D eigenvalue weighted by Gasteiger charge is 2.24. The van der Waals surface area contributed by atoms with Crippen molar-refractivity contribution in [1.29, 1.82) is 0 Å². The second-order valence-corrected chi connectivity index (χ2v) is 9.33. The van der Waals surface area contributed by atoms with E-state index in [-0.39, 0.29) is 19.1 Å². The maximum Gasteiger partial charge on any atom is 0.236 e. The summed E-state index contributed by atoms with van der Waals surface area (Å²) >= 11 is 6.18. The highest BCUT2D eigenvalue weighted by Crippen LogP contribution is 2.22. The van der Waals surface area contributed by atoms with Gasteiger partial charge in [-0.15, -0.1) is 0 Å². The molecule has 0 bridgehead atoms. The summed E-state index contributed by atoms with van der Waals surface area (Å²) < 4.78 is 25.7. The van der Waals surface area contributed by atoms with Gasteiger partial charge in [0.1, 0.15) is 0 Å². The lowest BCUT2D eigenvalue weighted by Crippen LogP contribution is -2.41. The Morgan fingerprint density at radius 2 is 1.40 bits per heavy atom. The fourth-order valence-electron chi connectivity index (χ4n) is 3.12. The Balaban J connectivity index is 1.81. The zero-order valence-corrected chi connectivity index (χ0v) is 18.1. The van der Waals surface area contributed by atoms with E-state index >= 15 is 0 Å². The molecule has 5 nitrogen and oxygen atoms in total. The van der Waals surface area contributed by atoms with Crippen molar-refractivity contribution >= 4 is 27.5 Å². The number of rotatable bonds is 8. The predicted octanol–water partition coefficient (Wildman–Crippen LogP) is 4.01. The van der Waals surface area contributed by atoms with Gasteiger partial charge in [-0.2, -0.15) is 4.31 Å². The van der Waals surface area contributed by atoms with E-state index in [4.69, 9.17) is 11.6 Å². The molecule has 1 N–H and O–H groups in total. The second-order valence-electron chi connectivity index (χ2n) is 6.94. The van der Waals surface area contributed by atoms with Crippen molar-refractivity contribution in [3.63, 3.8) is 0 Å². The van der Waals surface area contributed by atoms with Crippen LogP contribution in [0.1, 0.15) is 22.7 Å². The highest BCUT2D eigenvalue weighted by atomic mass is 35.5. The van der Waals surface area contributed by atoms with Gasteiger partial charge in [-0.1, -0.05) is 90.5 Å². The molecule has 156 valence electrons. The molecule has 30 heavy (non-hydrogen) atoms. The molecule has 0 aliphatic carbocycles. The number of hydrogen-bond donors (Lipinski definition) is 1. The van der Waals surface area contributed by atoms with E-state index in [0.29, 0.717) is 10.6 Å². The summed E-state index contributed by atoms with van der Waals surface area (Å²) in [5, 5.41) is 3.43. The number of nitrogens with one attached hydrogen (secondary N) is 1. The van der Waals surface area contributed by atoms with Crippen LogP contribution in [0.2, 0.25) is 5.02 Å². The van der Waals surface area contributed by atoms with Crippen molar-refractivity contribution in [2.75, 3.05) is 12.8 Å². The standard InChI is InChI=1S/C23H23ClN2O3S/c1-30(28,29)26(16-20-14-8-9-15-21(20)24)17-22(27)25-23(18-10-4-2-5-11-18)19-12-6-3-7-13-19/h2-15,23H,16-17H2,1H3,(H,25,27). The first-order valence-corrected chi connectivity index (χ1v) is 11.6. The van der Waals surface area contributed by atoms with Crippen molar-refractivity contribution in [1.82, 2.24) is 9.62 Å². The first kappa shape index (κ1) is 22.0. The third kappa shape index (κ3) is 5.92. The van der Waals surface area contributed by atoms with E-state index in [9.17, 15) is 13.2 Å². The lowest BCUT2D eigenvalue weighted by molar-refractivity contribution is -0.121. The number of amides is 1. The molecule has 0 heterocycles. The van der Waals surface area contributed by atoms with Gasteiger partial charge in [-0.05, 0) is 22.8 Å². The molecule has 0 aromatic heterocycles. The monoisotopic (exact) mass is 442 g/mol. The molecule has 0 atom stereocenters. The maximum absolute atomic E-state index is 12.9. The summed E-state index contributed by atoms with van der Waals surface area (Å²) in [5.41, 5.74) is 2.46. The minimum absolute atomic E-state index is 0.0211. The summed E-state index contributed by atoms with van der Waals surface area (Å²) in [7, 11) is -3.63. The molecule has 3 aromatic carbocycles. The molecule has 0 radical (unpaired) electrons. The van der Waals surface area contributed by atoms with E-state index in [1.807, 2.05) is 60.7 Å². The van der Waals surface area contributed by atoms with E-state index < -0.39 is 15.9 Å². The number of sulfonamides is 1. The third-order valence-corrected chi connectivity index (χ3v) is 6.23. The van der Waals surface area contributed by atoms with E-state index in [2.05, 4.69) is 5.32 Å². The van der Waals surface area contributed by atoms with Gasteiger partial charge >= 0.3 is 0 Å². The van der Waals surface area contributed by atoms with E-state index in [0.717, 1.165) is 21.7 Å². The Morgan fingerprint density at radius 1 is 0.900 bits per heavy atom. The number of benzene rings is 3. The SMILES string of the molecule is CS(=O)(=O)N(CC(=O)NC(c1ccccc1)c1ccccc1)Cc1ccccc1Cl. The van der Waals surface area contributed by atoms with Gasteiger partial charge in [0, 0.05) is 11.6 Å². The Kier molecular flexibility index (Phi) is 7.26. The molecule has 0 aliphatic rings. The van der Waals surface area contributed by atoms with Crippen LogP contribution in [0.25, 0.3) is 0 Å². The van der Waals surface area contributed by atoms with Crippen LogP contribution in [0.3, 0.4) is 0 Å². The summed E-state index contributed by atoms with van der Waals surface area (Å²) in [6.45, 7) is -0.284. The molecule has 3 rings (SSSR count). The molecule has 0 spiro atoms. The number of nitrogens with zero attached hydrogens (tertiary/aromatic N) is 1. The van der Waals surface area contributed by atoms with Gasteiger partial charge in [-0.3, -0.25) is 4.79 Å². The van der Waals surface area contributed by atoms with Crippen LogP contribution < -0.4 is 5.32 Å². The van der Waals surface area contributed by atoms with Gasteiger partial charge in [0.25, 0.3) is 0 Å². The molecule has 0 fully saturated rings. The smallest absolute Gasteiger partial charge is 0.236 e. The fourth-order valence-corrected chi connectivity index (χ4v) is 4.04. The van der Waals surface area contributed by atoms with Crippen LogP contribution >= 0.6 is 11.6 Å². The molecule has 0 saturated carbocycles. The summed E-state index contributed by atoms with van der Waals surface area (Å²) in [6, 6.07) is 25.7. The number of halogens is 1. The van der Waals surface area contributed by atoms with Crippen LogP contribution in [0.4, 0.5) is 0 Å². The third-order valence-electron chi connectivity index (χ3n) is 4.66. The average Bonchev–Trinajstić information content (AvgIpc) is 2.73. The molecule has 3 aromatic rings. The zero-order valence-electron chi connectivity index (χ0n) is 16.5. The normalized spacial score (nSPS) is 11.6. The van der Waals surface area contributed by atoms with Crippen LogP contribution in [0.15, 0.2) is 84.9 Å². The van der Waals surface area contributed by atoms with Gasteiger partial charge in [0.15, 0.2) is 0 Å². The Labute approximate surface area is 182 Å². The van der Waals surface area contributed by atoms with Crippen LogP contribution in [0, 0.1) is 0 Å². The number of hydrogen-bond acceptors (Lipinski definition) is 3. The molecule has 0 unspecified atom stereocenters. The predicted molar refractivity (Wildman–Crippen MR) is 120 cm³/mol. The van der Waals surface area contributed by atoms with E-state index in [1.165, 1.54) is 0 Å². The minimum atomic E-state index is -3.63. The van der Waals surface area contributed by atoms with E-state index in [1.54, 1.807) is 24.3 Å². The quantitative estimate of drug-likeness (QED) is 0.573. The van der Waals surface area contributed by atoms with Gasteiger partial charge in [0.05, 0.1) is 18.8 Å². The molecular formula is C23H23ClN2O3S. The van der Waals surface area contributed by atoms with Crippen LogP contribution in [-0.2, 0) is 21.4 Å². The molecule has 7 heteroatoms. The zero-order chi connectivity index (χ0) is 21.6. The number of carbonyl (C=O) groups excluding carboxylic acids is 1. The maximum atomic E-state index is 12.9. The molecule has 1 amide bonds. The van der Waals surface area contributed by atoms with Crippen molar-refractivity contribution in [3.05, 3.63) is 107 Å². The van der Waals surface area contributed by atoms with Crippen LogP contribution in [0.5, 0.6) is 0 Å². The van der Waals surface area contributed by atoms with Crippen LogP contribution in [-0.4, -0.2) is 31.4 Å². The first-order valence-electron chi connectivity index (χ1n) is 9.42. The van der Waals surface area contributed by atoms with Crippen molar-refractivity contribution in [2.24, 2.45) is 0 Å². The fraction of sp³-hybridized carbons (Fsp3) is 0.174. The lowest BCUT2D eigenvalue weighted by Gasteiger charge is -2.24. The van der Waals surface area contributed by atoms with Gasteiger partial charge in [0.2, 0.25) is 15.9 Å². The highest BCUT2D eigenvalue weighted by molar-refractivity contribution is 7.88. The van der Waals surface area contributed by atoms with Gasteiger partial charge in [-0.25, -0.2) is 8.42 Å². The van der Waals surface area contributed by atoms with Crippen molar-refractivity contribution in [2.45, 2.75) is 12.6 Å². The topological polar surface area (TPSA) is 66.5 Å². The summed E-state index contributed by atoms with van der Waals surface area (Å²) in [6.07, 6.45) is 1.09. The largest absolute Gasteiger partial charge is 0.344 e. The average molecular weight is 443 g/mol. The summed E-state index contributed by atoms with van der Waals surface area (Å²) in [4.78, 5) is 12.9. The first-order chi connectivity index (χ1) is 14.3. The van der Waals surface area contributed by atoms with Crippen molar-refractivity contribution < 1.29 is 13.2 Å². The minimum Gasteiger partial charge on any atom is -0.344 e. The summed E-state index contributed by atoms with van der Waals surface area (Å²) in [5.74, 6) is -0.398. The molecule has 0 saturated heterocycles. The Morgan fingerprint density at radius 3 is 1.90 bits per heavy atom. The Bertz CT molecular complexity index is 1050. The van der Waals surface area contributed by atoms with Crippen molar-refractivity contribution in [3.8, 4) is 0 Å². The second kappa shape index (κ2) is 9.89. The van der Waals surface area contributed by atoms with Gasteiger partial charge < -0.3 is 5.32 Å². The number of carbonyl (C=O) groups is 1.